The fraction of sp³-hybridized carbons (Fsp3) is 0.447. The van der Waals surface area contributed by atoms with Gasteiger partial charge in [-0.3, -0.25) is 9.59 Å². The number of nitrogens with zero attached hydrogens (tertiary/aromatic N) is 1. The molecule has 9 nitrogen and oxygen atoms in total. The van der Waals surface area contributed by atoms with Crippen LogP contribution in [0.1, 0.15) is 86.8 Å². The number of carbonyl (C=O) groups is 3. The third-order valence-electron chi connectivity index (χ3n) is 10.0. The molecule has 5 unspecified atom stereocenters. The molecule has 1 heterocycles. The van der Waals surface area contributed by atoms with Crippen LogP contribution in [0.4, 0.5) is 10.1 Å². The van der Waals surface area contributed by atoms with E-state index < -0.39 is 54.9 Å². The maximum absolute atomic E-state index is 15.0. The molecule has 1 N–H and O–H groups in total. The topological polar surface area (TPSA) is 119 Å². The minimum Gasteiger partial charge on any atom is -0.496 e. The van der Waals surface area contributed by atoms with Crippen molar-refractivity contribution < 1.29 is 36.7 Å². The Morgan fingerprint density at radius 3 is 2.39 bits per heavy atom. The highest BCUT2D eigenvalue weighted by Gasteiger charge is 2.54. The lowest BCUT2D eigenvalue weighted by molar-refractivity contribution is -0.153. The van der Waals surface area contributed by atoms with Crippen LogP contribution >= 0.6 is 23.2 Å². The number of halogens is 3. The second-order valence-corrected chi connectivity index (χ2v) is 18.4. The van der Waals surface area contributed by atoms with Gasteiger partial charge in [0.2, 0.25) is 11.8 Å². The molecule has 0 spiro atoms. The van der Waals surface area contributed by atoms with Crippen molar-refractivity contribution in [1.82, 2.24) is 4.90 Å². The van der Waals surface area contributed by atoms with E-state index in [0.717, 1.165) is 5.56 Å². The lowest BCUT2D eigenvalue weighted by Crippen LogP contribution is -2.53. The van der Waals surface area contributed by atoms with Crippen LogP contribution in [0.3, 0.4) is 0 Å². The number of benzene rings is 3. The summed E-state index contributed by atoms with van der Waals surface area (Å²) in [7, 11) is -0.758. The molecule has 3 aromatic carbocycles. The molecule has 274 valence electrons. The predicted molar refractivity (Wildman–Crippen MR) is 196 cm³/mol. The Morgan fingerprint density at radius 1 is 1.04 bits per heavy atom. The molecule has 2 fully saturated rings. The van der Waals surface area contributed by atoms with Gasteiger partial charge >= 0.3 is 5.97 Å². The second-order valence-electron chi connectivity index (χ2n) is 14.7. The van der Waals surface area contributed by atoms with E-state index in [1.165, 1.54) is 38.5 Å². The summed E-state index contributed by atoms with van der Waals surface area (Å²) >= 11 is 12.5. The number of rotatable bonds is 11. The third kappa shape index (κ3) is 8.05. The maximum Gasteiger partial charge on any atom is 0.341 e. The van der Waals surface area contributed by atoms with Gasteiger partial charge in [0.15, 0.2) is 9.84 Å². The predicted octanol–water partition coefficient (Wildman–Crippen LogP) is 8.01. The van der Waals surface area contributed by atoms with Gasteiger partial charge in [0.05, 0.1) is 40.7 Å². The number of hydrogen-bond donors (Lipinski definition) is 1. The van der Waals surface area contributed by atoms with Gasteiger partial charge in [0.1, 0.15) is 17.1 Å². The van der Waals surface area contributed by atoms with Crippen molar-refractivity contribution in [3.63, 3.8) is 0 Å². The van der Waals surface area contributed by atoms with Gasteiger partial charge in [-0.25, -0.2) is 17.6 Å². The number of hydrogen-bond acceptors (Lipinski definition) is 7. The molecule has 1 aliphatic carbocycles. The standard InChI is InChI=1S/C38H43Cl2FN2O7S/c1-37(2,3)51(47,48)32-18-23(32)14-15-43-34(24-10-13-29(40)30(41)17-24)28(22-8-7-9-25(39)16-22)20-38(4,36(43)46)21-33(44)42-26-11-12-27(35(45)50-6)31(19-26)49-5/h7-13,16-17,19,23,28,32,34H,14-15,18,20-21H2,1-6H3,(H,42,44). The molecule has 51 heavy (non-hydrogen) atoms. The van der Waals surface area contributed by atoms with Crippen LogP contribution in [0.2, 0.25) is 10.0 Å². The van der Waals surface area contributed by atoms with Crippen molar-refractivity contribution in [3.8, 4) is 5.75 Å². The normalized spacial score (nSPS) is 23.5. The van der Waals surface area contributed by atoms with E-state index in [4.69, 9.17) is 32.7 Å². The number of methoxy groups -OCH3 is 2. The molecular formula is C38H43Cl2FN2O7S. The fourth-order valence-electron chi connectivity index (χ4n) is 7.18. The first-order valence-corrected chi connectivity index (χ1v) is 19.0. The van der Waals surface area contributed by atoms with Gasteiger partial charge in [0.25, 0.3) is 0 Å². The van der Waals surface area contributed by atoms with E-state index >= 15 is 4.39 Å². The van der Waals surface area contributed by atoms with Gasteiger partial charge in [0, 0.05) is 35.7 Å². The number of esters is 1. The number of piperidine rings is 1. The summed E-state index contributed by atoms with van der Waals surface area (Å²) in [5, 5.41) is 2.75. The fourth-order valence-corrected chi connectivity index (χ4v) is 9.55. The Kier molecular flexibility index (Phi) is 11.2. The minimum absolute atomic E-state index is 0.0577. The van der Waals surface area contributed by atoms with Crippen molar-refractivity contribution in [2.45, 2.75) is 75.3 Å². The van der Waals surface area contributed by atoms with E-state index in [1.54, 1.807) is 56.9 Å². The lowest BCUT2D eigenvalue weighted by atomic mass is 9.67. The van der Waals surface area contributed by atoms with E-state index in [-0.39, 0.29) is 47.5 Å². The smallest absolute Gasteiger partial charge is 0.341 e. The zero-order chi connectivity index (χ0) is 37.5. The molecular weight excluding hydrogens is 718 g/mol. The molecule has 5 rings (SSSR count). The van der Waals surface area contributed by atoms with Gasteiger partial charge in [-0.05, 0) is 93.5 Å². The van der Waals surface area contributed by atoms with Crippen LogP contribution in [-0.2, 0) is 24.2 Å². The molecule has 1 saturated carbocycles. The van der Waals surface area contributed by atoms with E-state index in [1.807, 2.05) is 12.1 Å². The monoisotopic (exact) mass is 760 g/mol. The summed E-state index contributed by atoms with van der Waals surface area (Å²) in [6, 6.07) is 15.6. The zero-order valence-corrected chi connectivity index (χ0v) is 31.8. The number of sulfone groups is 1. The number of anilines is 1. The summed E-state index contributed by atoms with van der Waals surface area (Å²) in [4.78, 5) is 42.3. The Balaban J connectivity index is 1.50. The minimum atomic E-state index is -3.41. The molecule has 13 heteroatoms. The highest BCUT2D eigenvalue weighted by molar-refractivity contribution is 7.93. The van der Waals surface area contributed by atoms with Crippen LogP contribution in [0.5, 0.6) is 5.75 Å². The number of amides is 2. The van der Waals surface area contributed by atoms with Crippen LogP contribution in [-0.4, -0.2) is 61.9 Å². The first-order valence-electron chi connectivity index (χ1n) is 16.7. The van der Waals surface area contributed by atoms with Crippen molar-refractivity contribution in [1.29, 1.82) is 0 Å². The summed E-state index contributed by atoms with van der Waals surface area (Å²) in [6.45, 7) is 6.99. The quantitative estimate of drug-likeness (QED) is 0.197. The Hall–Kier alpha value is -3.67. The Labute approximate surface area is 308 Å². The highest BCUT2D eigenvalue weighted by atomic mass is 35.5. The van der Waals surface area contributed by atoms with E-state index in [9.17, 15) is 22.8 Å². The molecule has 3 aromatic rings. The first kappa shape index (κ1) is 38.6. The van der Waals surface area contributed by atoms with Gasteiger partial charge in [-0.15, -0.1) is 0 Å². The first-order chi connectivity index (χ1) is 23.9. The second kappa shape index (κ2) is 14.8. The van der Waals surface area contributed by atoms with Gasteiger partial charge < -0.3 is 19.7 Å². The number of nitrogens with one attached hydrogen (secondary N) is 1. The summed E-state index contributed by atoms with van der Waals surface area (Å²) < 4.78 is 50.7. The Bertz CT molecular complexity index is 1950. The van der Waals surface area contributed by atoms with Crippen molar-refractivity contribution >= 4 is 56.5 Å². The van der Waals surface area contributed by atoms with Gasteiger partial charge in [-0.2, -0.15) is 0 Å². The van der Waals surface area contributed by atoms with Crippen molar-refractivity contribution in [2.75, 3.05) is 26.1 Å². The highest BCUT2D eigenvalue weighted by Crippen LogP contribution is 2.52. The van der Waals surface area contributed by atoms with Crippen molar-refractivity contribution in [3.05, 3.63) is 93.2 Å². The number of carbonyl (C=O) groups excluding carboxylic acids is 3. The van der Waals surface area contributed by atoms with Gasteiger partial charge in [-0.1, -0.05) is 48.3 Å². The summed E-state index contributed by atoms with van der Waals surface area (Å²) in [5.41, 5.74) is 0.637. The van der Waals surface area contributed by atoms with E-state index in [0.29, 0.717) is 29.1 Å². The molecule has 1 saturated heterocycles. The third-order valence-corrected chi connectivity index (χ3v) is 13.6. The number of likely N-dealkylation sites (tertiary alicyclic amines) is 1. The SMILES string of the molecule is COC(=O)c1ccc(NC(=O)CC2(C)CC(c3cccc(Cl)c3)C(c3ccc(Cl)c(F)c3)N(CCC3CC3S(=O)(=O)C(C)(C)C)C2=O)cc1OC. The average molecular weight is 762 g/mol. The molecule has 0 bridgehead atoms. The van der Waals surface area contributed by atoms with Crippen molar-refractivity contribution in [2.24, 2.45) is 11.3 Å². The van der Waals surface area contributed by atoms with E-state index in [2.05, 4.69) is 5.32 Å². The molecule has 0 aromatic heterocycles. The van der Waals surface area contributed by atoms with Crippen LogP contribution in [0.25, 0.3) is 0 Å². The van der Waals surface area contributed by atoms with Crippen LogP contribution in [0, 0.1) is 17.2 Å². The zero-order valence-electron chi connectivity index (χ0n) is 29.5. The summed E-state index contributed by atoms with van der Waals surface area (Å²) in [6.07, 6.45) is 0.930. The molecule has 5 atom stereocenters. The largest absolute Gasteiger partial charge is 0.496 e. The molecule has 0 radical (unpaired) electrons. The lowest BCUT2D eigenvalue weighted by Gasteiger charge is -2.49. The molecule has 2 amide bonds. The molecule has 1 aliphatic heterocycles. The van der Waals surface area contributed by atoms with Crippen LogP contribution < -0.4 is 10.1 Å². The maximum atomic E-state index is 15.0. The summed E-state index contributed by atoms with van der Waals surface area (Å²) in [5.74, 6) is -2.35. The molecule has 2 aliphatic rings. The Morgan fingerprint density at radius 2 is 1.76 bits per heavy atom. The average Bonchev–Trinajstić information content (AvgIpc) is 3.86. The number of ether oxygens (including phenoxy) is 2. The van der Waals surface area contributed by atoms with Crippen LogP contribution in [0.15, 0.2) is 60.7 Å².